The van der Waals surface area contributed by atoms with Crippen LogP contribution in [0.15, 0.2) is 48.1 Å². The van der Waals surface area contributed by atoms with Crippen LogP contribution in [0.1, 0.15) is 33.6 Å². The lowest BCUT2D eigenvalue weighted by Crippen LogP contribution is -2.36. The molecule has 2 aliphatic carbocycles. The summed E-state index contributed by atoms with van der Waals surface area (Å²) in [7, 11) is 0. The first-order valence-corrected chi connectivity index (χ1v) is 9.42. The van der Waals surface area contributed by atoms with Gasteiger partial charge >= 0.3 is 17.9 Å². The smallest absolute Gasteiger partial charge is 0.334 e. The van der Waals surface area contributed by atoms with Gasteiger partial charge in [0.05, 0.1) is 5.92 Å². The van der Waals surface area contributed by atoms with Gasteiger partial charge in [-0.1, -0.05) is 31.4 Å². The molecule has 1 heterocycles. The molecule has 2 saturated carbocycles. The summed E-state index contributed by atoms with van der Waals surface area (Å²) in [5, 5.41) is 0. The Morgan fingerprint density at radius 3 is 2.43 bits per heavy atom. The Morgan fingerprint density at radius 2 is 1.82 bits per heavy atom. The number of rotatable bonds is 3. The number of carbonyl (C=O) groups excluding carboxylic acids is 3. The summed E-state index contributed by atoms with van der Waals surface area (Å²) in [6.45, 7) is 17.0. The molecule has 0 spiro atoms. The van der Waals surface area contributed by atoms with Gasteiger partial charge in [0.1, 0.15) is 18.3 Å². The zero-order valence-electron chi connectivity index (χ0n) is 16.5. The molecule has 6 atom stereocenters. The SMILES string of the molecule is C=C1C(=O)O[C@@H]2[C@H]3C(=C)[C@@H](OC(C)=O)C[C@H]3C(=C)C[C@H](OC(=O)/C(C)=C\C)[C@@H]12. The lowest BCUT2D eigenvalue weighted by atomic mass is 9.81. The first kappa shape index (κ1) is 20.1. The van der Waals surface area contributed by atoms with E-state index in [0.29, 0.717) is 24.0 Å². The Bertz CT molecular complexity index is 804. The first-order chi connectivity index (χ1) is 13.1. The van der Waals surface area contributed by atoms with E-state index in [-0.39, 0.29) is 23.4 Å². The fraction of sp³-hybridized carbons (Fsp3) is 0.500. The molecule has 6 heteroatoms. The number of carbonyl (C=O) groups is 3. The van der Waals surface area contributed by atoms with Crippen molar-refractivity contribution in [3.05, 3.63) is 48.1 Å². The summed E-state index contributed by atoms with van der Waals surface area (Å²) in [5.74, 6) is -2.12. The van der Waals surface area contributed by atoms with Crippen LogP contribution in [0.25, 0.3) is 0 Å². The Morgan fingerprint density at radius 1 is 1.14 bits per heavy atom. The fourth-order valence-electron chi connectivity index (χ4n) is 4.53. The van der Waals surface area contributed by atoms with E-state index in [4.69, 9.17) is 14.2 Å². The largest absolute Gasteiger partial charge is 0.458 e. The molecule has 0 radical (unpaired) electrons. The van der Waals surface area contributed by atoms with Crippen LogP contribution in [-0.4, -0.2) is 36.2 Å². The predicted octanol–water partition coefficient (Wildman–Crippen LogP) is 3.05. The summed E-state index contributed by atoms with van der Waals surface area (Å²) in [5.41, 5.74) is 2.35. The van der Waals surface area contributed by atoms with Crippen LogP contribution in [0, 0.1) is 17.8 Å². The first-order valence-electron chi connectivity index (χ1n) is 9.42. The molecular weight excluding hydrogens is 360 g/mol. The van der Waals surface area contributed by atoms with E-state index in [1.165, 1.54) is 6.92 Å². The number of ether oxygens (including phenoxy) is 3. The highest BCUT2D eigenvalue weighted by Crippen LogP contribution is 2.53. The van der Waals surface area contributed by atoms with Crippen molar-refractivity contribution in [2.75, 3.05) is 0 Å². The lowest BCUT2D eigenvalue weighted by Gasteiger charge is -2.28. The molecule has 1 saturated heterocycles. The van der Waals surface area contributed by atoms with Crippen LogP contribution >= 0.6 is 0 Å². The van der Waals surface area contributed by atoms with Gasteiger partial charge in [-0.25, -0.2) is 9.59 Å². The van der Waals surface area contributed by atoms with Gasteiger partial charge < -0.3 is 14.2 Å². The summed E-state index contributed by atoms with van der Waals surface area (Å²) < 4.78 is 16.8. The maximum absolute atomic E-state index is 12.4. The average molecular weight is 386 g/mol. The normalized spacial score (nSPS) is 35.0. The Labute approximate surface area is 164 Å². The third-order valence-corrected chi connectivity index (χ3v) is 6.07. The second-order valence-corrected chi connectivity index (χ2v) is 7.74. The molecule has 3 fully saturated rings. The second kappa shape index (κ2) is 7.41. The minimum absolute atomic E-state index is 0.0745. The Kier molecular flexibility index (Phi) is 5.33. The molecule has 0 aromatic heterocycles. The maximum Gasteiger partial charge on any atom is 0.334 e. The van der Waals surface area contributed by atoms with Gasteiger partial charge in [0, 0.05) is 30.4 Å². The molecule has 0 aromatic rings. The monoisotopic (exact) mass is 386 g/mol. The van der Waals surface area contributed by atoms with E-state index in [2.05, 4.69) is 19.7 Å². The van der Waals surface area contributed by atoms with E-state index in [0.717, 1.165) is 5.57 Å². The number of allylic oxidation sites excluding steroid dienone is 1. The highest BCUT2D eigenvalue weighted by Gasteiger charge is 2.57. The molecule has 0 N–H and O–H groups in total. The molecule has 0 bridgehead atoms. The minimum Gasteiger partial charge on any atom is -0.458 e. The van der Waals surface area contributed by atoms with Gasteiger partial charge in [-0.3, -0.25) is 4.79 Å². The Hall–Kier alpha value is -2.63. The van der Waals surface area contributed by atoms with Crippen molar-refractivity contribution in [2.45, 2.75) is 51.9 Å². The number of hydrogen-bond acceptors (Lipinski definition) is 6. The third kappa shape index (κ3) is 3.32. The molecule has 0 aromatic carbocycles. The van der Waals surface area contributed by atoms with Crippen LogP contribution in [0.5, 0.6) is 0 Å². The van der Waals surface area contributed by atoms with Gasteiger partial charge in [0.15, 0.2) is 0 Å². The molecule has 28 heavy (non-hydrogen) atoms. The highest BCUT2D eigenvalue weighted by atomic mass is 16.6. The number of fused-ring (bicyclic) bond motifs is 3. The summed E-state index contributed by atoms with van der Waals surface area (Å²) >= 11 is 0. The zero-order chi connectivity index (χ0) is 20.7. The second-order valence-electron chi connectivity index (χ2n) is 7.74. The summed E-state index contributed by atoms with van der Waals surface area (Å²) in [6.07, 6.45) is 0.994. The van der Waals surface area contributed by atoms with Gasteiger partial charge in [-0.2, -0.15) is 0 Å². The molecule has 150 valence electrons. The topological polar surface area (TPSA) is 78.9 Å². The molecule has 6 nitrogen and oxygen atoms in total. The standard InChI is InChI=1S/C22H26O6/c1-7-10(2)21(24)27-17-8-11(3)15-9-16(26-14(6)23)12(4)18(15)20-19(17)13(5)22(25)28-20/h7,15-20H,3-5,8-9H2,1-2,6H3/b10-7-/t15-,16-,17-,18-,19+,20+/m0/s1. The van der Waals surface area contributed by atoms with E-state index in [1.54, 1.807) is 19.9 Å². The summed E-state index contributed by atoms with van der Waals surface area (Å²) in [4.78, 5) is 36.1. The zero-order valence-corrected chi connectivity index (χ0v) is 16.5. The average Bonchev–Trinajstić information content (AvgIpc) is 3.06. The van der Waals surface area contributed by atoms with Crippen molar-refractivity contribution in [1.82, 2.24) is 0 Å². The van der Waals surface area contributed by atoms with Crippen LogP contribution in [0.4, 0.5) is 0 Å². The predicted molar refractivity (Wildman–Crippen MR) is 102 cm³/mol. The van der Waals surface area contributed by atoms with Crippen molar-refractivity contribution in [2.24, 2.45) is 17.8 Å². The number of esters is 3. The summed E-state index contributed by atoms with van der Waals surface area (Å²) in [6, 6.07) is 0. The fourth-order valence-corrected chi connectivity index (χ4v) is 4.53. The number of hydrogen-bond donors (Lipinski definition) is 0. The van der Waals surface area contributed by atoms with Crippen LogP contribution in [0.2, 0.25) is 0 Å². The third-order valence-electron chi connectivity index (χ3n) is 6.07. The van der Waals surface area contributed by atoms with Gasteiger partial charge in [-0.05, 0) is 31.8 Å². The van der Waals surface area contributed by atoms with E-state index >= 15 is 0 Å². The van der Waals surface area contributed by atoms with Crippen molar-refractivity contribution in [3.8, 4) is 0 Å². The van der Waals surface area contributed by atoms with Crippen molar-refractivity contribution in [3.63, 3.8) is 0 Å². The van der Waals surface area contributed by atoms with E-state index < -0.39 is 36.2 Å². The molecule has 3 aliphatic rings. The van der Waals surface area contributed by atoms with Crippen LogP contribution < -0.4 is 0 Å². The van der Waals surface area contributed by atoms with Crippen molar-refractivity contribution < 1.29 is 28.6 Å². The molecule has 0 unspecified atom stereocenters. The minimum atomic E-state index is -0.593. The van der Waals surface area contributed by atoms with E-state index in [1.807, 2.05) is 0 Å². The Balaban J connectivity index is 1.95. The van der Waals surface area contributed by atoms with Gasteiger partial charge in [-0.15, -0.1) is 0 Å². The van der Waals surface area contributed by atoms with Crippen LogP contribution in [0.3, 0.4) is 0 Å². The lowest BCUT2D eigenvalue weighted by molar-refractivity contribution is -0.149. The van der Waals surface area contributed by atoms with Crippen molar-refractivity contribution >= 4 is 17.9 Å². The molecular formula is C22H26O6. The van der Waals surface area contributed by atoms with Gasteiger partial charge in [0.2, 0.25) is 0 Å². The van der Waals surface area contributed by atoms with Gasteiger partial charge in [0.25, 0.3) is 0 Å². The van der Waals surface area contributed by atoms with Crippen LogP contribution in [-0.2, 0) is 28.6 Å². The molecule has 3 rings (SSSR count). The molecule has 1 aliphatic heterocycles. The quantitative estimate of drug-likeness (QED) is 0.321. The highest BCUT2D eigenvalue weighted by molar-refractivity contribution is 5.92. The molecule has 0 amide bonds. The van der Waals surface area contributed by atoms with Crippen molar-refractivity contribution in [1.29, 1.82) is 0 Å². The van der Waals surface area contributed by atoms with E-state index in [9.17, 15) is 14.4 Å². The maximum atomic E-state index is 12.4.